The molecule has 1 N–H and O–H groups in total. The first-order valence-corrected chi connectivity index (χ1v) is 12.3. The number of carbonyl (C=O) groups is 1. The van der Waals surface area contributed by atoms with Crippen molar-refractivity contribution < 1.29 is 26.4 Å². The summed E-state index contributed by atoms with van der Waals surface area (Å²) < 4.78 is 64.9. The second kappa shape index (κ2) is 9.13. The van der Waals surface area contributed by atoms with Crippen molar-refractivity contribution in [1.29, 1.82) is 0 Å². The van der Waals surface area contributed by atoms with Crippen molar-refractivity contribution in [2.24, 2.45) is 0 Å². The average molecular weight is 469 g/mol. The number of amides is 1. The van der Waals surface area contributed by atoms with Crippen LogP contribution in [-0.2, 0) is 33.8 Å². The van der Waals surface area contributed by atoms with Crippen LogP contribution in [0, 0.1) is 0 Å². The van der Waals surface area contributed by atoms with Gasteiger partial charge in [-0.05, 0) is 74.4 Å². The Labute approximate surface area is 186 Å². The summed E-state index contributed by atoms with van der Waals surface area (Å²) in [5.41, 5.74) is 2.26. The van der Waals surface area contributed by atoms with Crippen molar-refractivity contribution >= 4 is 21.6 Å². The predicted molar refractivity (Wildman–Crippen MR) is 118 cm³/mol. The van der Waals surface area contributed by atoms with Gasteiger partial charge in [0, 0.05) is 0 Å². The molecule has 2 aromatic rings. The molecule has 1 aliphatic rings. The third kappa shape index (κ3) is 5.43. The lowest BCUT2D eigenvalue weighted by atomic mass is 9.89. The lowest BCUT2D eigenvalue weighted by molar-refractivity contribution is -0.137. The summed E-state index contributed by atoms with van der Waals surface area (Å²) in [4.78, 5) is 12.9. The van der Waals surface area contributed by atoms with E-state index in [1.807, 2.05) is 6.07 Å². The lowest BCUT2D eigenvalue weighted by Crippen LogP contribution is -2.48. The fraction of sp³-hybridized carbons (Fsp3) is 0.435. The van der Waals surface area contributed by atoms with Crippen molar-refractivity contribution in [1.82, 2.24) is 5.32 Å². The van der Waals surface area contributed by atoms with Gasteiger partial charge in [-0.1, -0.05) is 24.3 Å². The first kappa shape index (κ1) is 24.1. The summed E-state index contributed by atoms with van der Waals surface area (Å²) in [6.45, 7) is 3.15. The molecule has 0 spiro atoms. The molecule has 0 saturated carbocycles. The van der Waals surface area contributed by atoms with E-state index in [-0.39, 0.29) is 11.7 Å². The van der Waals surface area contributed by atoms with Gasteiger partial charge in [-0.3, -0.25) is 9.10 Å². The van der Waals surface area contributed by atoms with Crippen molar-refractivity contribution in [2.75, 3.05) is 10.6 Å². The number of nitrogens with zero attached hydrogens (tertiary/aromatic N) is 1. The van der Waals surface area contributed by atoms with Crippen LogP contribution >= 0.6 is 0 Å². The number of fused-ring (bicyclic) bond motifs is 1. The Morgan fingerprint density at radius 2 is 1.69 bits per heavy atom. The first-order valence-electron chi connectivity index (χ1n) is 10.5. The summed E-state index contributed by atoms with van der Waals surface area (Å²) in [5.74, 6) is -0.599. The minimum Gasteiger partial charge on any atom is -0.348 e. The Balaban J connectivity index is 1.83. The van der Waals surface area contributed by atoms with Gasteiger partial charge < -0.3 is 5.32 Å². The van der Waals surface area contributed by atoms with Gasteiger partial charge in [-0.2, -0.15) is 13.2 Å². The number of anilines is 1. The van der Waals surface area contributed by atoms with E-state index >= 15 is 0 Å². The summed E-state index contributed by atoms with van der Waals surface area (Å²) in [5, 5.41) is 2.80. The number of halogens is 3. The third-order valence-electron chi connectivity index (χ3n) is 5.75. The Bertz CT molecular complexity index is 1100. The van der Waals surface area contributed by atoms with E-state index in [4.69, 9.17) is 0 Å². The van der Waals surface area contributed by atoms with E-state index in [1.54, 1.807) is 6.92 Å². The first-order chi connectivity index (χ1) is 14.9. The monoisotopic (exact) mass is 468 g/mol. The molecule has 2 atom stereocenters. The van der Waals surface area contributed by atoms with Gasteiger partial charge in [-0.15, -0.1) is 0 Å². The largest absolute Gasteiger partial charge is 0.416 e. The van der Waals surface area contributed by atoms with E-state index in [0.717, 1.165) is 60.0 Å². The molecule has 174 valence electrons. The second-order valence-corrected chi connectivity index (χ2v) is 10.1. The van der Waals surface area contributed by atoms with Gasteiger partial charge in [0.2, 0.25) is 15.9 Å². The van der Waals surface area contributed by atoms with E-state index in [0.29, 0.717) is 0 Å². The maximum atomic E-state index is 13.1. The zero-order valence-corrected chi connectivity index (χ0v) is 19.1. The highest BCUT2D eigenvalue weighted by Gasteiger charge is 2.34. The van der Waals surface area contributed by atoms with Crippen molar-refractivity contribution in [3.05, 3.63) is 64.7 Å². The minimum absolute atomic E-state index is 0.216. The predicted octanol–water partition coefficient (Wildman–Crippen LogP) is 4.62. The zero-order chi connectivity index (χ0) is 23.7. The van der Waals surface area contributed by atoms with Crippen LogP contribution in [0.5, 0.6) is 0 Å². The van der Waals surface area contributed by atoms with E-state index < -0.39 is 33.7 Å². The Morgan fingerprint density at radius 1 is 1.03 bits per heavy atom. The van der Waals surface area contributed by atoms with Gasteiger partial charge >= 0.3 is 6.18 Å². The number of hydrogen-bond acceptors (Lipinski definition) is 3. The maximum absolute atomic E-state index is 13.1. The molecule has 2 aromatic carbocycles. The van der Waals surface area contributed by atoms with Gasteiger partial charge in [0.05, 0.1) is 23.5 Å². The molecule has 0 bridgehead atoms. The van der Waals surface area contributed by atoms with Crippen LogP contribution in [0.3, 0.4) is 0 Å². The number of nitrogens with one attached hydrogen (secondary N) is 1. The van der Waals surface area contributed by atoms with Crippen LogP contribution < -0.4 is 9.62 Å². The number of alkyl halides is 3. The smallest absolute Gasteiger partial charge is 0.348 e. The number of aryl methyl sites for hydroxylation is 2. The molecule has 3 rings (SSSR count). The number of hydrogen-bond donors (Lipinski definition) is 1. The van der Waals surface area contributed by atoms with Gasteiger partial charge in [0.25, 0.3) is 0 Å². The molecule has 0 unspecified atom stereocenters. The highest BCUT2D eigenvalue weighted by Crippen LogP contribution is 2.33. The third-order valence-corrected chi connectivity index (χ3v) is 6.99. The number of rotatable bonds is 6. The fourth-order valence-electron chi connectivity index (χ4n) is 4.07. The summed E-state index contributed by atoms with van der Waals surface area (Å²) in [6.07, 6.45) is 0.530. The maximum Gasteiger partial charge on any atom is 0.416 e. The highest BCUT2D eigenvalue weighted by atomic mass is 32.2. The molecule has 0 radical (unpaired) electrons. The molecule has 0 heterocycles. The molecule has 0 fully saturated rings. The molecule has 0 aliphatic heterocycles. The van der Waals surface area contributed by atoms with Crippen LogP contribution in [0.4, 0.5) is 18.9 Å². The van der Waals surface area contributed by atoms with E-state index in [9.17, 15) is 26.4 Å². The highest BCUT2D eigenvalue weighted by molar-refractivity contribution is 7.92. The van der Waals surface area contributed by atoms with Gasteiger partial charge in [0.1, 0.15) is 6.04 Å². The van der Waals surface area contributed by atoms with E-state index in [1.165, 1.54) is 24.1 Å². The number of benzene rings is 2. The number of sulfonamides is 1. The minimum atomic E-state index is -4.63. The Morgan fingerprint density at radius 3 is 2.31 bits per heavy atom. The molecule has 32 heavy (non-hydrogen) atoms. The van der Waals surface area contributed by atoms with Crippen LogP contribution in [-0.4, -0.2) is 26.6 Å². The van der Waals surface area contributed by atoms with Crippen LogP contribution in [0.25, 0.3) is 0 Å². The molecular formula is C23H27F3N2O3S. The van der Waals surface area contributed by atoms with Crippen molar-refractivity contribution in [3.8, 4) is 0 Å². The van der Waals surface area contributed by atoms with Crippen molar-refractivity contribution in [2.45, 2.75) is 57.8 Å². The normalized spacial score (nSPS) is 16.1. The molecule has 0 aromatic heterocycles. The molecule has 9 heteroatoms. The summed E-state index contributed by atoms with van der Waals surface area (Å²) >= 11 is 0. The zero-order valence-electron chi connectivity index (χ0n) is 18.2. The molecule has 0 saturated heterocycles. The van der Waals surface area contributed by atoms with Gasteiger partial charge in [-0.25, -0.2) is 8.42 Å². The summed E-state index contributed by atoms with van der Waals surface area (Å²) in [6, 6.07) is 8.38. The summed E-state index contributed by atoms with van der Waals surface area (Å²) in [7, 11) is -4.03. The SMILES string of the molecule is C[C@H](C(=O)N[C@H](C)c1ccc2c(c1)CCCC2)N(c1cccc(C(F)(F)F)c1)S(C)(=O)=O. The van der Waals surface area contributed by atoms with Gasteiger partial charge in [0.15, 0.2) is 0 Å². The Kier molecular flexibility index (Phi) is 6.88. The van der Waals surface area contributed by atoms with Crippen LogP contribution in [0.15, 0.2) is 42.5 Å². The molecule has 1 aliphatic carbocycles. The lowest BCUT2D eigenvalue weighted by Gasteiger charge is -2.30. The standard InChI is InChI=1S/C23H27F3N2O3S/c1-15(18-12-11-17-7-4-5-8-19(17)13-18)27-22(29)16(2)28(32(3,30)31)21-10-6-9-20(14-21)23(24,25)26/h6,9-16H,4-5,7-8H2,1-3H3,(H,27,29)/t15-,16-/m1/s1. The van der Waals surface area contributed by atoms with Crippen LogP contribution in [0.2, 0.25) is 0 Å². The Hall–Kier alpha value is -2.55. The topological polar surface area (TPSA) is 66.5 Å². The fourth-order valence-corrected chi connectivity index (χ4v) is 5.23. The molecule has 1 amide bonds. The molecule has 5 nitrogen and oxygen atoms in total. The van der Waals surface area contributed by atoms with Crippen molar-refractivity contribution in [3.63, 3.8) is 0 Å². The second-order valence-electron chi connectivity index (χ2n) is 8.25. The molecular weight excluding hydrogens is 441 g/mol. The van der Waals surface area contributed by atoms with Crippen LogP contribution in [0.1, 0.15) is 55.0 Å². The average Bonchev–Trinajstić information content (AvgIpc) is 2.72. The quantitative estimate of drug-likeness (QED) is 0.673. The van der Waals surface area contributed by atoms with E-state index in [2.05, 4.69) is 17.4 Å². The number of carbonyl (C=O) groups excluding carboxylic acids is 1.